The summed E-state index contributed by atoms with van der Waals surface area (Å²) in [5, 5.41) is 7.61. The van der Waals surface area contributed by atoms with Crippen molar-refractivity contribution in [1.29, 1.82) is 0 Å². The fraction of sp³-hybridized carbons (Fsp3) is 0.750. The molecule has 106 valence electrons. The van der Waals surface area contributed by atoms with Gasteiger partial charge in [-0.05, 0) is 50.8 Å². The van der Waals surface area contributed by atoms with E-state index in [9.17, 15) is 8.42 Å². The van der Waals surface area contributed by atoms with Crippen LogP contribution in [0.2, 0.25) is 0 Å². The zero-order valence-electron chi connectivity index (χ0n) is 11.1. The molecule has 0 amide bonds. The number of nitrogens with one attached hydrogen (secondary N) is 2. The molecular weight excluding hydrogens is 264 g/mol. The molecule has 0 radical (unpaired) electrons. The van der Waals surface area contributed by atoms with E-state index in [-0.39, 0.29) is 16.5 Å². The summed E-state index contributed by atoms with van der Waals surface area (Å²) >= 11 is 0. The van der Waals surface area contributed by atoms with Gasteiger partial charge in [0.15, 0.2) is 5.03 Å². The van der Waals surface area contributed by atoms with Gasteiger partial charge in [-0.25, -0.2) is 13.1 Å². The maximum atomic E-state index is 12.4. The predicted molar refractivity (Wildman–Crippen MR) is 71.2 cm³/mol. The van der Waals surface area contributed by atoms with Crippen molar-refractivity contribution in [3.05, 3.63) is 12.3 Å². The van der Waals surface area contributed by atoms with Crippen LogP contribution in [0.1, 0.15) is 26.2 Å². The molecule has 1 aromatic rings. The molecule has 7 heteroatoms. The van der Waals surface area contributed by atoms with E-state index in [1.54, 1.807) is 6.07 Å². The topological polar surface area (TPSA) is 76.0 Å². The van der Waals surface area contributed by atoms with Crippen LogP contribution in [0.25, 0.3) is 0 Å². The molecule has 6 nitrogen and oxygen atoms in total. The van der Waals surface area contributed by atoms with Gasteiger partial charge in [0.2, 0.25) is 0 Å². The summed E-state index contributed by atoms with van der Waals surface area (Å²) in [5.74, 6) is 0. The molecule has 3 rings (SSSR count). The minimum absolute atomic E-state index is 0.0970. The number of aryl methyl sites for hydroxylation is 1. The summed E-state index contributed by atoms with van der Waals surface area (Å²) < 4.78 is 29.1. The molecule has 2 aliphatic rings. The third-order valence-corrected chi connectivity index (χ3v) is 5.83. The predicted octanol–water partition coefficient (Wildman–Crippen LogP) is 0.323. The van der Waals surface area contributed by atoms with E-state index in [0.717, 1.165) is 32.4 Å². The molecular formula is C12H20N4O2S. The molecule has 1 saturated carbocycles. The first-order chi connectivity index (χ1) is 9.07. The minimum Gasteiger partial charge on any atom is -0.317 e. The number of rotatable bonds is 4. The summed E-state index contributed by atoms with van der Waals surface area (Å²) in [7, 11) is -3.44. The molecule has 1 aliphatic carbocycles. The van der Waals surface area contributed by atoms with Crippen LogP contribution in [0.5, 0.6) is 0 Å². The highest BCUT2D eigenvalue weighted by atomic mass is 32.2. The van der Waals surface area contributed by atoms with Crippen LogP contribution in [-0.2, 0) is 16.6 Å². The number of sulfonamides is 1. The molecule has 1 unspecified atom stereocenters. The monoisotopic (exact) mass is 284 g/mol. The maximum Gasteiger partial charge on any atom is 0.257 e. The van der Waals surface area contributed by atoms with Gasteiger partial charge in [-0.3, -0.25) is 4.68 Å². The Labute approximate surface area is 113 Å². The quantitative estimate of drug-likeness (QED) is 0.835. The van der Waals surface area contributed by atoms with Crippen molar-refractivity contribution < 1.29 is 8.42 Å². The van der Waals surface area contributed by atoms with Crippen molar-refractivity contribution in [2.45, 2.75) is 43.8 Å². The van der Waals surface area contributed by atoms with Crippen LogP contribution < -0.4 is 10.0 Å². The smallest absolute Gasteiger partial charge is 0.257 e. The number of piperidine rings is 1. The van der Waals surface area contributed by atoms with Crippen LogP contribution in [0.4, 0.5) is 0 Å². The second kappa shape index (κ2) is 4.57. The van der Waals surface area contributed by atoms with Crippen LogP contribution in [-0.4, -0.2) is 37.3 Å². The Bertz CT molecular complexity index is 560. The highest BCUT2D eigenvalue weighted by Crippen LogP contribution is 2.53. The summed E-state index contributed by atoms with van der Waals surface area (Å²) in [5.41, 5.74) is 0.204. The van der Waals surface area contributed by atoms with E-state index in [1.165, 1.54) is 10.9 Å². The normalized spacial score (nSPS) is 25.6. The minimum atomic E-state index is -3.44. The van der Waals surface area contributed by atoms with E-state index < -0.39 is 10.0 Å². The average Bonchev–Trinajstić information content (AvgIpc) is 2.85. The Hall–Kier alpha value is -0.920. The van der Waals surface area contributed by atoms with Crippen molar-refractivity contribution in [3.63, 3.8) is 0 Å². The standard InChI is InChI=1S/C12H20N4O2S/c1-2-16-11(3-6-14-16)19(17,18)15-10-9-12(10)4-7-13-8-5-12/h3,6,10,13,15H,2,4-5,7-9H2,1H3. The van der Waals surface area contributed by atoms with Gasteiger partial charge in [0, 0.05) is 12.6 Å². The van der Waals surface area contributed by atoms with Gasteiger partial charge >= 0.3 is 0 Å². The van der Waals surface area contributed by atoms with Crippen LogP contribution in [0.3, 0.4) is 0 Å². The van der Waals surface area contributed by atoms with E-state index in [1.807, 2.05) is 6.92 Å². The molecule has 2 N–H and O–H groups in total. The molecule has 0 aromatic carbocycles. The van der Waals surface area contributed by atoms with Gasteiger partial charge in [0.25, 0.3) is 10.0 Å². The molecule has 2 fully saturated rings. The third kappa shape index (κ3) is 2.30. The lowest BCUT2D eigenvalue weighted by Crippen LogP contribution is -2.36. The second-order valence-corrected chi connectivity index (χ2v) is 7.14. The highest BCUT2D eigenvalue weighted by Gasteiger charge is 2.55. The van der Waals surface area contributed by atoms with E-state index in [2.05, 4.69) is 15.1 Å². The third-order valence-electron chi connectivity index (χ3n) is 4.34. The van der Waals surface area contributed by atoms with Crippen molar-refractivity contribution in [2.24, 2.45) is 5.41 Å². The summed E-state index contributed by atoms with van der Waals surface area (Å²) in [6, 6.07) is 1.66. The number of nitrogens with zero attached hydrogens (tertiary/aromatic N) is 2. The lowest BCUT2D eigenvalue weighted by molar-refractivity contribution is 0.337. The molecule has 19 heavy (non-hydrogen) atoms. The van der Waals surface area contributed by atoms with Gasteiger partial charge < -0.3 is 5.32 Å². The Morgan fingerprint density at radius 3 is 2.95 bits per heavy atom. The Balaban J connectivity index is 1.73. The van der Waals surface area contributed by atoms with Gasteiger partial charge in [0.1, 0.15) is 0 Å². The molecule has 1 atom stereocenters. The number of aromatic nitrogens is 2. The maximum absolute atomic E-state index is 12.4. The summed E-state index contributed by atoms with van der Waals surface area (Å²) in [6.07, 6.45) is 4.62. The van der Waals surface area contributed by atoms with E-state index in [4.69, 9.17) is 0 Å². The first-order valence-corrected chi connectivity index (χ1v) is 8.31. The zero-order chi connectivity index (χ0) is 13.5. The molecule has 1 spiro atoms. The first-order valence-electron chi connectivity index (χ1n) is 6.82. The average molecular weight is 284 g/mol. The molecule has 1 aliphatic heterocycles. The fourth-order valence-corrected chi connectivity index (χ4v) is 4.55. The van der Waals surface area contributed by atoms with Crippen LogP contribution >= 0.6 is 0 Å². The molecule has 2 heterocycles. The van der Waals surface area contributed by atoms with Gasteiger partial charge in [0.05, 0.1) is 6.20 Å². The lowest BCUT2D eigenvalue weighted by atomic mass is 9.94. The van der Waals surface area contributed by atoms with Gasteiger partial charge in [-0.15, -0.1) is 0 Å². The van der Waals surface area contributed by atoms with E-state index >= 15 is 0 Å². The SMILES string of the molecule is CCn1nccc1S(=O)(=O)NC1CC12CCNCC2. The second-order valence-electron chi connectivity index (χ2n) is 5.48. The number of hydrogen-bond acceptors (Lipinski definition) is 4. The summed E-state index contributed by atoms with van der Waals surface area (Å²) in [4.78, 5) is 0. The Morgan fingerprint density at radius 1 is 1.53 bits per heavy atom. The first kappa shape index (κ1) is 13.1. The Morgan fingerprint density at radius 2 is 2.26 bits per heavy atom. The molecule has 0 bridgehead atoms. The highest BCUT2D eigenvalue weighted by molar-refractivity contribution is 7.89. The van der Waals surface area contributed by atoms with Crippen molar-refractivity contribution in [1.82, 2.24) is 19.8 Å². The van der Waals surface area contributed by atoms with Crippen molar-refractivity contribution >= 4 is 10.0 Å². The van der Waals surface area contributed by atoms with Crippen LogP contribution in [0.15, 0.2) is 17.3 Å². The molecule has 1 saturated heterocycles. The van der Waals surface area contributed by atoms with E-state index in [0.29, 0.717) is 6.54 Å². The Kier molecular flexibility index (Phi) is 3.15. The van der Waals surface area contributed by atoms with Gasteiger partial charge in [-0.2, -0.15) is 5.10 Å². The zero-order valence-corrected chi connectivity index (χ0v) is 11.9. The summed E-state index contributed by atoms with van der Waals surface area (Å²) in [6.45, 7) is 4.43. The largest absolute Gasteiger partial charge is 0.317 e. The molecule has 1 aromatic heterocycles. The van der Waals surface area contributed by atoms with Crippen molar-refractivity contribution in [3.8, 4) is 0 Å². The van der Waals surface area contributed by atoms with Crippen molar-refractivity contribution in [2.75, 3.05) is 13.1 Å². The number of hydrogen-bond donors (Lipinski definition) is 2. The lowest BCUT2D eigenvalue weighted by Gasteiger charge is -2.23. The van der Waals surface area contributed by atoms with Crippen LogP contribution in [0, 0.1) is 5.41 Å². The van der Waals surface area contributed by atoms with Gasteiger partial charge in [-0.1, -0.05) is 0 Å². The fourth-order valence-electron chi connectivity index (χ4n) is 3.03.